The van der Waals surface area contributed by atoms with E-state index in [-0.39, 0.29) is 24.2 Å². The molecule has 2 rings (SSSR count). The molecule has 1 saturated heterocycles. The van der Waals surface area contributed by atoms with E-state index in [4.69, 9.17) is 4.74 Å². The van der Waals surface area contributed by atoms with Crippen molar-refractivity contribution in [3.05, 3.63) is 35.4 Å². The summed E-state index contributed by atoms with van der Waals surface area (Å²) in [5.74, 6) is 0. The van der Waals surface area contributed by atoms with E-state index < -0.39 is 11.7 Å². The molecule has 0 aliphatic carbocycles. The Bertz CT molecular complexity index is 569. The van der Waals surface area contributed by atoms with Gasteiger partial charge in [0.1, 0.15) is 0 Å². The number of amides is 2. The maximum absolute atomic E-state index is 12.1. The Morgan fingerprint density at radius 3 is 2.57 bits per heavy atom. The number of carbonyl (C=O) groups excluding carboxylic acids is 1. The van der Waals surface area contributed by atoms with Crippen LogP contribution in [-0.2, 0) is 4.74 Å². The lowest BCUT2D eigenvalue weighted by Gasteiger charge is -2.27. The summed E-state index contributed by atoms with van der Waals surface area (Å²) in [5.41, 5.74) is 1.19. The predicted octanol–water partition coefficient (Wildman–Crippen LogP) is 2.67. The Labute approximate surface area is 138 Å². The van der Waals surface area contributed by atoms with Gasteiger partial charge in [0.15, 0.2) is 0 Å². The lowest BCUT2D eigenvalue weighted by molar-refractivity contribution is -0.0690. The first-order valence-corrected chi connectivity index (χ1v) is 8.09. The van der Waals surface area contributed by atoms with Crippen molar-refractivity contribution >= 4 is 6.03 Å². The Morgan fingerprint density at radius 2 is 2.00 bits per heavy atom. The van der Waals surface area contributed by atoms with Gasteiger partial charge in [0.25, 0.3) is 0 Å². The Balaban J connectivity index is 1.87. The number of carbonyl (C=O) groups is 1. The fourth-order valence-corrected chi connectivity index (χ4v) is 3.26. The summed E-state index contributed by atoms with van der Waals surface area (Å²) in [6.45, 7) is 10.1. The van der Waals surface area contributed by atoms with Gasteiger partial charge < -0.3 is 20.5 Å². The van der Waals surface area contributed by atoms with E-state index in [1.165, 1.54) is 0 Å². The molecule has 1 aromatic carbocycles. The number of hydrogen-bond acceptors (Lipinski definition) is 3. The number of aryl methyl sites for hydroxylation is 1. The third-order valence-corrected chi connectivity index (χ3v) is 4.38. The van der Waals surface area contributed by atoms with E-state index in [9.17, 15) is 9.90 Å². The Kier molecular flexibility index (Phi) is 5.01. The molecule has 5 heteroatoms. The molecular formula is C18H28N2O3. The number of ether oxygens (including phenoxy) is 1. The highest BCUT2D eigenvalue weighted by Gasteiger charge is 2.46. The number of nitrogens with one attached hydrogen (secondary N) is 2. The summed E-state index contributed by atoms with van der Waals surface area (Å²) in [6, 6.07) is 7.28. The second kappa shape index (κ2) is 6.49. The van der Waals surface area contributed by atoms with Gasteiger partial charge in [0.05, 0.1) is 23.3 Å². The number of aliphatic hydroxyl groups excluding tert-OH is 1. The minimum atomic E-state index is -0.716. The molecule has 0 radical (unpaired) electrons. The maximum atomic E-state index is 12.1. The van der Waals surface area contributed by atoms with Crippen LogP contribution in [0.4, 0.5) is 4.79 Å². The van der Waals surface area contributed by atoms with Crippen LogP contribution in [0, 0.1) is 6.92 Å². The van der Waals surface area contributed by atoms with Crippen molar-refractivity contribution in [3.63, 3.8) is 0 Å². The van der Waals surface area contributed by atoms with Crippen molar-refractivity contribution in [1.82, 2.24) is 10.6 Å². The van der Waals surface area contributed by atoms with E-state index in [2.05, 4.69) is 10.6 Å². The monoisotopic (exact) mass is 320 g/mol. The lowest BCUT2D eigenvalue weighted by Crippen LogP contribution is -2.50. The Hall–Kier alpha value is -1.59. The van der Waals surface area contributed by atoms with Crippen molar-refractivity contribution in [1.29, 1.82) is 0 Å². The van der Waals surface area contributed by atoms with Crippen molar-refractivity contribution < 1.29 is 14.6 Å². The molecule has 2 unspecified atom stereocenters. The molecule has 1 aromatic rings. The zero-order valence-corrected chi connectivity index (χ0v) is 14.6. The summed E-state index contributed by atoms with van der Waals surface area (Å²) in [4.78, 5) is 12.1. The van der Waals surface area contributed by atoms with Gasteiger partial charge in [-0.05, 0) is 52.2 Å². The quantitative estimate of drug-likeness (QED) is 0.799. The lowest BCUT2D eigenvalue weighted by atomic mass is 9.95. The van der Waals surface area contributed by atoms with Gasteiger partial charge in [-0.15, -0.1) is 0 Å². The summed E-state index contributed by atoms with van der Waals surface area (Å²) in [6.07, 6.45) is 0.0413. The van der Waals surface area contributed by atoms with Gasteiger partial charge in [0.2, 0.25) is 0 Å². The van der Waals surface area contributed by atoms with Crippen LogP contribution in [0.1, 0.15) is 51.3 Å². The predicted molar refractivity (Wildman–Crippen MR) is 90.3 cm³/mol. The third kappa shape index (κ3) is 4.45. The first kappa shape index (κ1) is 17.8. The fraction of sp³-hybridized carbons (Fsp3) is 0.611. The van der Waals surface area contributed by atoms with Crippen LogP contribution in [-0.4, -0.2) is 34.9 Å². The molecule has 128 valence electrons. The highest BCUT2D eigenvalue weighted by atomic mass is 16.5. The van der Waals surface area contributed by atoms with Crippen molar-refractivity contribution in [2.75, 3.05) is 6.54 Å². The molecule has 0 bridgehead atoms. The second-order valence-corrected chi connectivity index (χ2v) is 7.45. The highest BCUT2D eigenvalue weighted by Crippen LogP contribution is 2.37. The molecular weight excluding hydrogens is 292 g/mol. The van der Waals surface area contributed by atoms with Gasteiger partial charge >= 0.3 is 6.03 Å². The number of rotatable bonds is 4. The van der Waals surface area contributed by atoms with E-state index in [0.717, 1.165) is 17.5 Å². The number of benzene rings is 1. The molecule has 2 atom stereocenters. The SMILES string of the molecule is Cc1ccccc1C(O)CNC(=O)NC1CC(C)(C)OC1(C)C. The van der Waals surface area contributed by atoms with Gasteiger partial charge in [-0.1, -0.05) is 24.3 Å². The first-order chi connectivity index (χ1) is 10.6. The van der Waals surface area contributed by atoms with Gasteiger partial charge in [0, 0.05) is 6.54 Å². The average Bonchev–Trinajstić information content (AvgIpc) is 2.64. The van der Waals surface area contributed by atoms with Gasteiger partial charge in [-0.2, -0.15) is 0 Å². The molecule has 1 aliphatic rings. The first-order valence-electron chi connectivity index (χ1n) is 8.09. The molecule has 0 saturated carbocycles. The normalized spacial score (nSPS) is 23.3. The molecule has 23 heavy (non-hydrogen) atoms. The molecule has 3 N–H and O–H groups in total. The highest BCUT2D eigenvalue weighted by molar-refractivity contribution is 5.74. The molecule has 1 fully saturated rings. The number of hydrogen-bond donors (Lipinski definition) is 3. The third-order valence-electron chi connectivity index (χ3n) is 4.38. The fourth-order valence-electron chi connectivity index (χ4n) is 3.26. The Morgan fingerprint density at radius 1 is 1.35 bits per heavy atom. The zero-order valence-electron chi connectivity index (χ0n) is 14.6. The van der Waals surface area contributed by atoms with E-state index >= 15 is 0 Å². The smallest absolute Gasteiger partial charge is 0.315 e. The van der Waals surface area contributed by atoms with E-state index in [0.29, 0.717) is 0 Å². The van der Waals surface area contributed by atoms with Crippen molar-refractivity contribution in [3.8, 4) is 0 Å². The average molecular weight is 320 g/mol. The minimum Gasteiger partial charge on any atom is -0.387 e. The molecule has 1 aliphatic heterocycles. The molecule has 0 spiro atoms. The summed E-state index contributed by atoms with van der Waals surface area (Å²) >= 11 is 0. The summed E-state index contributed by atoms with van der Waals surface area (Å²) in [7, 11) is 0. The van der Waals surface area contributed by atoms with Crippen LogP contribution in [0.3, 0.4) is 0 Å². The topological polar surface area (TPSA) is 70.6 Å². The molecule has 5 nitrogen and oxygen atoms in total. The standard InChI is InChI=1S/C18H28N2O3/c1-12-8-6-7-9-13(12)14(21)11-19-16(22)20-15-10-17(2,3)23-18(15,4)5/h6-9,14-15,21H,10-11H2,1-5H3,(H2,19,20,22). The van der Waals surface area contributed by atoms with Gasteiger partial charge in [-0.3, -0.25) is 0 Å². The summed E-state index contributed by atoms with van der Waals surface area (Å²) < 4.78 is 5.97. The van der Waals surface area contributed by atoms with Crippen LogP contribution in [0.25, 0.3) is 0 Å². The summed E-state index contributed by atoms with van der Waals surface area (Å²) in [5, 5.41) is 15.9. The van der Waals surface area contributed by atoms with Gasteiger partial charge in [-0.25, -0.2) is 4.79 Å². The molecule has 1 heterocycles. The van der Waals surface area contributed by atoms with Crippen LogP contribution < -0.4 is 10.6 Å². The zero-order chi connectivity index (χ0) is 17.3. The minimum absolute atomic E-state index is 0.0619. The van der Waals surface area contributed by atoms with Crippen LogP contribution in [0.5, 0.6) is 0 Å². The van der Waals surface area contributed by atoms with E-state index in [1.807, 2.05) is 58.9 Å². The number of urea groups is 1. The van der Waals surface area contributed by atoms with Crippen LogP contribution in [0.2, 0.25) is 0 Å². The van der Waals surface area contributed by atoms with Crippen LogP contribution >= 0.6 is 0 Å². The number of aliphatic hydroxyl groups is 1. The molecule has 0 aromatic heterocycles. The molecule has 2 amide bonds. The van der Waals surface area contributed by atoms with E-state index in [1.54, 1.807) is 0 Å². The van der Waals surface area contributed by atoms with Crippen molar-refractivity contribution in [2.24, 2.45) is 0 Å². The second-order valence-electron chi connectivity index (χ2n) is 7.45. The van der Waals surface area contributed by atoms with Crippen molar-refractivity contribution in [2.45, 2.75) is 64.4 Å². The largest absolute Gasteiger partial charge is 0.387 e. The maximum Gasteiger partial charge on any atom is 0.315 e. The van der Waals surface area contributed by atoms with Crippen LogP contribution in [0.15, 0.2) is 24.3 Å².